The minimum absolute atomic E-state index is 0.339. The highest BCUT2D eigenvalue weighted by Gasteiger charge is 2.16. The van der Waals surface area contributed by atoms with Crippen LogP contribution in [-0.4, -0.2) is 22.5 Å². The van der Waals surface area contributed by atoms with Gasteiger partial charge < -0.3 is 9.15 Å². The van der Waals surface area contributed by atoms with Crippen molar-refractivity contribution in [2.24, 2.45) is 0 Å². The summed E-state index contributed by atoms with van der Waals surface area (Å²) in [6.45, 7) is 4.30. The van der Waals surface area contributed by atoms with Gasteiger partial charge in [-0.1, -0.05) is 23.2 Å². The van der Waals surface area contributed by atoms with Gasteiger partial charge in [-0.25, -0.2) is 4.98 Å². The number of halogens is 2. The Bertz CT molecular complexity index is 1270. The molecule has 1 amide bonds. The first-order valence-electron chi connectivity index (χ1n) is 9.85. The zero-order chi connectivity index (χ0) is 22.7. The number of aryl methyl sites for hydroxylation is 1. The Morgan fingerprint density at radius 2 is 1.94 bits per heavy atom. The topological polar surface area (TPSA) is 77.2 Å². The Balaban J connectivity index is 1.79. The molecule has 0 saturated carbocycles. The van der Waals surface area contributed by atoms with Gasteiger partial charge in [0.05, 0.1) is 24.8 Å². The van der Waals surface area contributed by atoms with Crippen LogP contribution in [0.4, 0.5) is 5.88 Å². The van der Waals surface area contributed by atoms with Crippen LogP contribution in [0.2, 0.25) is 10.2 Å². The molecule has 32 heavy (non-hydrogen) atoms. The largest absolute Gasteiger partial charge is 0.492 e. The molecule has 0 saturated heterocycles. The summed E-state index contributed by atoms with van der Waals surface area (Å²) < 4.78 is 11.0. The highest BCUT2D eigenvalue weighted by atomic mass is 35.5. The van der Waals surface area contributed by atoms with E-state index in [-0.39, 0.29) is 5.91 Å². The molecule has 0 aliphatic rings. The number of nitrogens with zero attached hydrogens (tertiary/aromatic N) is 2. The van der Waals surface area contributed by atoms with Crippen LogP contribution in [0.1, 0.15) is 22.8 Å². The molecule has 0 atom stereocenters. The highest BCUT2D eigenvalue weighted by Crippen LogP contribution is 2.36. The lowest BCUT2D eigenvalue weighted by Crippen LogP contribution is -2.11. The van der Waals surface area contributed by atoms with Crippen molar-refractivity contribution in [2.75, 3.05) is 11.9 Å². The average Bonchev–Trinajstić information content (AvgIpc) is 3.27. The smallest absolute Gasteiger partial charge is 0.258 e. The molecule has 162 valence electrons. The minimum atomic E-state index is -0.339. The molecule has 1 aromatic carbocycles. The Labute approximate surface area is 195 Å². The Morgan fingerprint density at radius 1 is 1.09 bits per heavy atom. The number of nitrogens with one attached hydrogen (secondary N) is 1. The van der Waals surface area contributed by atoms with Gasteiger partial charge >= 0.3 is 0 Å². The SMILES string of the molecule is CCOc1cnc(-c2cnc(Cl)cc2C)cc1-c1cc(Cl)cc(C(=O)Nc2ccco2)c1. The van der Waals surface area contributed by atoms with E-state index in [1.54, 1.807) is 48.8 Å². The first kappa shape index (κ1) is 21.9. The van der Waals surface area contributed by atoms with E-state index in [0.717, 1.165) is 16.7 Å². The van der Waals surface area contributed by atoms with Gasteiger partial charge in [0.25, 0.3) is 5.91 Å². The summed E-state index contributed by atoms with van der Waals surface area (Å²) in [6, 6.07) is 12.2. The van der Waals surface area contributed by atoms with E-state index in [1.807, 2.05) is 19.9 Å². The van der Waals surface area contributed by atoms with Gasteiger partial charge in [-0.05, 0) is 61.4 Å². The van der Waals surface area contributed by atoms with Gasteiger partial charge in [-0.2, -0.15) is 0 Å². The van der Waals surface area contributed by atoms with Crippen molar-refractivity contribution in [3.8, 4) is 28.1 Å². The lowest BCUT2D eigenvalue weighted by atomic mass is 9.99. The van der Waals surface area contributed by atoms with E-state index in [9.17, 15) is 4.79 Å². The number of pyridine rings is 2. The highest BCUT2D eigenvalue weighted by molar-refractivity contribution is 6.31. The van der Waals surface area contributed by atoms with E-state index >= 15 is 0 Å². The second-order valence-electron chi connectivity index (χ2n) is 6.98. The van der Waals surface area contributed by atoms with Gasteiger partial charge in [0.15, 0.2) is 5.88 Å². The number of benzene rings is 1. The van der Waals surface area contributed by atoms with Gasteiger partial charge in [0.2, 0.25) is 0 Å². The zero-order valence-electron chi connectivity index (χ0n) is 17.4. The van der Waals surface area contributed by atoms with Crippen molar-refractivity contribution < 1.29 is 13.9 Å². The average molecular weight is 468 g/mol. The van der Waals surface area contributed by atoms with Crippen molar-refractivity contribution in [1.82, 2.24) is 9.97 Å². The number of ether oxygens (including phenoxy) is 1. The molecule has 0 spiro atoms. The fraction of sp³-hybridized carbons (Fsp3) is 0.125. The number of hydrogen-bond acceptors (Lipinski definition) is 5. The van der Waals surface area contributed by atoms with Crippen LogP contribution >= 0.6 is 23.2 Å². The summed E-state index contributed by atoms with van der Waals surface area (Å²) in [5.74, 6) is 0.590. The monoisotopic (exact) mass is 467 g/mol. The maximum Gasteiger partial charge on any atom is 0.258 e. The summed E-state index contributed by atoms with van der Waals surface area (Å²) >= 11 is 12.4. The van der Waals surface area contributed by atoms with E-state index < -0.39 is 0 Å². The van der Waals surface area contributed by atoms with Crippen LogP contribution in [0.3, 0.4) is 0 Å². The van der Waals surface area contributed by atoms with Crippen molar-refractivity contribution in [3.05, 3.63) is 82.4 Å². The van der Waals surface area contributed by atoms with Gasteiger partial charge in [-0.15, -0.1) is 0 Å². The summed E-state index contributed by atoms with van der Waals surface area (Å²) in [7, 11) is 0. The quantitative estimate of drug-likeness (QED) is 0.320. The van der Waals surface area contributed by atoms with Crippen molar-refractivity contribution in [1.29, 1.82) is 0 Å². The number of carbonyl (C=O) groups is 1. The Morgan fingerprint density at radius 3 is 2.66 bits per heavy atom. The van der Waals surface area contributed by atoms with Crippen molar-refractivity contribution in [2.45, 2.75) is 13.8 Å². The number of aromatic nitrogens is 2. The predicted octanol–water partition coefficient (Wildman–Crippen LogP) is 6.67. The summed E-state index contributed by atoms with van der Waals surface area (Å²) in [4.78, 5) is 21.4. The molecule has 0 radical (unpaired) electrons. The molecule has 3 heterocycles. The number of rotatable bonds is 6. The fourth-order valence-corrected chi connectivity index (χ4v) is 3.73. The maximum atomic E-state index is 12.7. The molecule has 6 nitrogen and oxygen atoms in total. The summed E-state index contributed by atoms with van der Waals surface area (Å²) in [5, 5.41) is 3.54. The molecule has 1 N–H and O–H groups in total. The van der Waals surface area contributed by atoms with Crippen LogP contribution in [0, 0.1) is 6.92 Å². The molecule has 0 unspecified atom stereocenters. The lowest BCUT2D eigenvalue weighted by Gasteiger charge is -2.14. The molecule has 0 aliphatic heterocycles. The third kappa shape index (κ3) is 4.77. The van der Waals surface area contributed by atoms with Gasteiger partial charge in [-0.3, -0.25) is 15.1 Å². The molecule has 4 rings (SSSR count). The first-order chi connectivity index (χ1) is 15.4. The molecule has 4 aromatic rings. The molecular weight excluding hydrogens is 449 g/mol. The van der Waals surface area contributed by atoms with Crippen LogP contribution in [0.25, 0.3) is 22.4 Å². The van der Waals surface area contributed by atoms with Crippen molar-refractivity contribution in [3.63, 3.8) is 0 Å². The number of amides is 1. The second kappa shape index (κ2) is 9.42. The molecule has 0 bridgehead atoms. The maximum absolute atomic E-state index is 12.7. The van der Waals surface area contributed by atoms with Crippen LogP contribution in [-0.2, 0) is 0 Å². The standard InChI is InChI=1S/C24H19Cl2N3O3/c1-3-31-21-13-27-20(19-12-28-22(26)7-14(19)2)11-18(21)15-8-16(10-17(25)9-15)24(30)29-23-5-4-6-32-23/h4-13H,3H2,1-2H3,(H,29,30). The third-order valence-electron chi connectivity index (χ3n) is 4.75. The first-order valence-corrected chi connectivity index (χ1v) is 10.6. The normalized spacial score (nSPS) is 10.8. The molecule has 0 fully saturated rings. The number of anilines is 1. The van der Waals surface area contributed by atoms with Crippen LogP contribution in [0.5, 0.6) is 5.75 Å². The van der Waals surface area contributed by atoms with Crippen LogP contribution < -0.4 is 10.1 Å². The number of furan rings is 1. The van der Waals surface area contributed by atoms with E-state index in [1.165, 1.54) is 6.26 Å². The molecular formula is C24H19Cl2N3O3. The van der Waals surface area contributed by atoms with E-state index in [2.05, 4.69) is 15.3 Å². The lowest BCUT2D eigenvalue weighted by molar-refractivity contribution is 0.102. The van der Waals surface area contributed by atoms with E-state index in [0.29, 0.717) is 45.2 Å². The van der Waals surface area contributed by atoms with Gasteiger partial charge in [0.1, 0.15) is 10.9 Å². The summed E-state index contributed by atoms with van der Waals surface area (Å²) in [5.41, 5.74) is 4.34. The fourth-order valence-electron chi connectivity index (χ4n) is 3.29. The zero-order valence-corrected chi connectivity index (χ0v) is 18.9. The minimum Gasteiger partial charge on any atom is -0.492 e. The molecule has 0 aliphatic carbocycles. The summed E-state index contributed by atoms with van der Waals surface area (Å²) in [6.07, 6.45) is 4.83. The Kier molecular flexibility index (Phi) is 6.44. The third-order valence-corrected chi connectivity index (χ3v) is 5.17. The number of hydrogen-bond donors (Lipinski definition) is 1. The number of carbonyl (C=O) groups excluding carboxylic acids is 1. The van der Waals surface area contributed by atoms with Gasteiger partial charge in [0, 0.05) is 34.0 Å². The second-order valence-corrected chi connectivity index (χ2v) is 7.80. The molecule has 3 aromatic heterocycles. The van der Waals surface area contributed by atoms with Crippen molar-refractivity contribution >= 4 is 35.0 Å². The van der Waals surface area contributed by atoms with E-state index in [4.69, 9.17) is 32.4 Å². The Hall–Kier alpha value is -3.35. The molecule has 8 heteroatoms. The van der Waals surface area contributed by atoms with Crippen LogP contribution in [0.15, 0.2) is 65.5 Å². The predicted molar refractivity (Wildman–Crippen MR) is 125 cm³/mol.